The first-order valence-corrected chi connectivity index (χ1v) is 7.18. The van der Waals surface area contributed by atoms with Gasteiger partial charge in [0.05, 0.1) is 11.6 Å². The maximum atomic E-state index is 14.1. The van der Waals surface area contributed by atoms with E-state index < -0.39 is 5.82 Å². The lowest BCUT2D eigenvalue weighted by Gasteiger charge is -2.07. The van der Waals surface area contributed by atoms with Crippen LogP contribution in [0.25, 0.3) is 0 Å². The van der Waals surface area contributed by atoms with Crippen LogP contribution in [0.4, 0.5) is 4.39 Å². The van der Waals surface area contributed by atoms with Gasteiger partial charge in [-0.1, -0.05) is 23.9 Å². The van der Waals surface area contributed by atoms with E-state index in [2.05, 4.69) is 15.5 Å². The van der Waals surface area contributed by atoms with E-state index in [0.29, 0.717) is 22.5 Å². The Balaban J connectivity index is 1.76. The Labute approximate surface area is 119 Å². The van der Waals surface area contributed by atoms with Gasteiger partial charge in [0.2, 0.25) is 5.16 Å². The molecule has 1 aliphatic rings. The zero-order valence-corrected chi connectivity index (χ0v) is 11.4. The molecular weight excluding hydrogens is 279 g/mol. The van der Waals surface area contributed by atoms with Crippen LogP contribution >= 0.6 is 11.8 Å². The smallest absolute Gasteiger partial charge is 0.209 e. The number of nitrogen functional groups attached to an aromatic ring is 1. The van der Waals surface area contributed by atoms with Crippen molar-refractivity contribution in [3.8, 4) is 0 Å². The fraction of sp³-hybridized carbons (Fsp3) is 0.333. The molecule has 0 unspecified atom stereocenters. The van der Waals surface area contributed by atoms with E-state index in [1.165, 1.54) is 17.8 Å². The molecule has 1 saturated carbocycles. The predicted molar refractivity (Wildman–Crippen MR) is 73.1 cm³/mol. The zero-order valence-electron chi connectivity index (χ0n) is 10.6. The second-order valence-corrected chi connectivity index (χ2v) is 5.56. The fourth-order valence-electron chi connectivity index (χ4n) is 1.87. The molecule has 0 amide bonds. The van der Waals surface area contributed by atoms with Gasteiger partial charge in [0.15, 0.2) is 0 Å². The zero-order chi connectivity index (χ0) is 14.1. The van der Waals surface area contributed by atoms with Crippen molar-refractivity contribution in [2.24, 2.45) is 5.73 Å². The molecule has 0 atom stereocenters. The molecular formula is C12H13FN6S. The Kier molecular flexibility index (Phi) is 3.39. The van der Waals surface area contributed by atoms with E-state index in [4.69, 9.17) is 11.1 Å². The number of nitrogens with zero attached hydrogens (tertiary/aromatic N) is 4. The van der Waals surface area contributed by atoms with Crippen LogP contribution in [0.5, 0.6) is 0 Å². The fourth-order valence-corrected chi connectivity index (χ4v) is 2.79. The lowest BCUT2D eigenvalue weighted by Crippen LogP contribution is -2.14. The summed E-state index contributed by atoms with van der Waals surface area (Å²) in [6, 6.07) is 5.26. The molecule has 0 radical (unpaired) electrons. The summed E-state index contributed by atoms with van der Waals surface area (Å²) >= 11 is 1.39. The third-order valence-electron chi connectivity index (χ3n) is 3.08. The molecule has 104 valence electrons. The maximum Gasteiger partial charge on any atom is 0.209 e. The molecule has 3 rings (SSSR count). The SMILES string of the molecule is N=C(N)c1cccc(CSc2nnnn2C2CC2)c1F. The van der Waals surface area contributed by atoms with Gasteiger partial charge in [0, 0.05) is 5.75 Å². The Hall–Kier alpha value is -1.96. The predicted octanol–water partition coefficient (Wildman–Crippen LogP) is 1.72. The van der Waals surface area contributed by atoms with Gasteiger partial charge >= 0.3 is 0 Å². The van der Waals surface area contributed by atoms with Crippen LogP contribution in [0.15, 0.2) is 23.4 Å². The van der Waals surface area contributed by atoms with Crippen LogP contribution in [0.1, 0.15) is 30.0 Å². The van der Waals surface area contributed by atoms with Crippen molar-refractivity contribution in [3.05, 3.63) is 35.1 Å². The van der Waals surface area contributed by atoms with Gasteiger partial charge in [-0.2, -0.15) is 0 Å². The minimum Gasteiger partial charge on any atom is -0.384 e. The first-order chi connectivity index (χ1) is 9.66. The summed E-state index contributed by atoms with van der Waals surface area (Å²) < 4.78 is 15.9. The summed E-state index contributed by atoms with van der Waals surface area (Å²) in [7, 11) is 0. The summed E-state index contributed by atoms with van der Waals surface area (Å²) in [5.41, 5.74) is 5.97. The number of thioether (sulfide) groups is 1. The van der Waals surface area contributed by atoms with E-state index in [-0.39, 0.29) is 11.4 Å². The maximum absolute atomic E-state index is 14.1. The molecule has 20 heavy (non-hydrogen) atoms. The van der Waals surface area contributed by atoms with Gasteiger partial charge in [-0.25, -0.2) is 9.07 Å². The molecule has 3 N–H and O–H groups in total. The van der Waals surface area contributed by atoms with E-state index in [9.17, 15) is 4.39 Å². The Morgan fingerprint density at radius 1 is 1.50 bits per heavy atom. The van der Waals surface area contributed by atoms with Crippen LogP contribution in [0.2, 0.25) is 0 Å². The van der Waals surface area contributed by atoms with Gasteiger partial charge in [0.25, 0.3) is 0 Å². The second kappa shape index (κ2) is 5.20. The molecule has 1 aromatic carbocycles. The van der Waals surface area contributed by atoms with E-state index in [0.717, 1.165) is 12.8 Å². The highest BCUT2D eigenvalue weighted by Gasteiger charge is 2.28. The van der Waals surface area contributed by atoms with Gasteiger partial charge in [-0.15, -0.1) is 5.10 Å². The lowest BCUT2D eigenvalue weighted by molar-refractivity contribution is 0.565. The number of rotatable bonds is 5. The van der Waals surface area contributed by atoms with Crippen LogP contribution < -0.4 is 5.73 Å². The quantitative estimate of drug-likeness (QED) is 0.497. The normalized spacial score (nSPS) is 14.4. The highest BCUT2D eigenvalue weighted by Crippen LogP contribution is 2.37. The van der Waals surface area contributed by atoms with Crippen molar-refractivity contribution in [1.82, 2.24) is 20.2 Å². The lowest BCUT2D eigenvalue weighted by atomic mass is 10.1. The Morgan fingerprint density at radius 3 is 3.00 bits per heavy atom. The van der Waals surface area contributed by atoms with Gasteiger partial charge in [-0.05, 0) is 34.9 Å². The largest absolute Gasteiger partial charge is 0.384 e. The third-order valence-corrected chi connectivity index (χ3v) is 4.06. The summed E-state index contributed by atoms with van der Waals surface area (Å²) in [5.74, 6) is -0.310. The minimum atomic E-state index is -0.446. The summed E-state index contributed by atoms with van der Waals surface area (Å²) in [6.45, 7) is 0. The Morgan fingerprint density at radius 2 is 2.30 bits per heavy atom. The molecule has 1 aliphatic carbocycles. The minimum absolute atomic E-state index is 0.130. The van der Waals surface area contributed by atoms with Crippen molar-refractivity contribution in [2.45, 2.75) is 29.8 Å². The summed E-state index contributed by atoms with van der Waals surface area (Å²) in [4.78, 5) is 0. The van der Waals surface area contributed by atoms with Crippen LogP contribution in [0.3, 0.4) is 0 Å². The molecule has 2 aromatic rings. The molecule has 8 heteroatoms. The number of nitrogens with one attached hydrogen (secondary N) is 1. The van der Waals surface area contributed by atoms with Crippen LogP contribution in [-0.4, -0.2) is 26.0 Å². The standard InChI is InChI=1S/C12H13FN6S/c13-10-7(2-1-3-9(10)11(14)15)6-20-12-16-17-18-19(12)8-4-5-8/h1-3,8H,4-6H2,(H3,14,15). The summed E-state index contributed by atoms with van der Waals surface area (Å²) in [6.07, 6.45) is 2.18. The second-order valence-electron chi connectivity index (χ2n) is 4.62. The van der Waals surface area contributed by atoms with Crippen molar-refractivity contribution >= 4 is 17.6 Å². The number of halogens is 1. The average Bonchev–Trinajstić information content (AvgIpc) is 3.16. The van der Waals surface area contributed by atoms with Crippen LogP contribution in [0, 0.1) is 11.2 Å². The van der Waals surface area contributed by atoms with E-state index in [1.807, 2.05) is 0 Å². The number of nitrogens with two attached hydrogens (primary N) is 1. The first-order valence-electron chi connectivity index (χ1n) is 6.19. The van der Waals surface area contributed by atoms with E-state index >= 15 is 0 Å². The summed E-state index contributed by atoms with van der Waals surface area (Å²) in [5, 5.41) is 19.6. The molecule has 1 aromatic heterocycles. The number of benzene rings is 1. The number of hydrogen-bond acceptors (Lipinski definition) is 5. The van der Waals surface area contributed by atoms with Gasteiger partial charge in [-0.3, -0.25) is 5.41 Å². The van der Waals surface area contributed by atoms with Crippen LogP contribution in [-0.2, 0) is 5.75 Å². The van der Waals surface area contributed by atoms with Crippen molar-refractivity contribution in [3.63, 3.8) is 0 Å². The molecule has 0 saturated heterocycles. The van der Waals surface area contributed by atoms with Crippen molar-refractivity contribution in [1.29, 1.82) is 5.41 Å². The molecule has 1 heterocycles. The molecule has 0 bridgehead atoms. The number of tetrazole rings is 1. The van der Waals surface area contributed by atoms with Gasteiger partial charge in [0.1, 0.15) is 11.7 Å². The molecule has 0 aliphatic heterocycles. The number of hydrogen-bond donors (Lipinski definition) is 2. The molecule has 6 nitrogen and oxygen atoms in total. The monoisotopic (exact) mass is 292 g/mol. The van der Waals surface area contributed by atoms with Crippen molar-refractivity contribution in [2.75, 3.05) is 0 Å². The average molecular weight is 292 g/mol. The highest BCUT2D eigenvalue weighted by atomic mass is 32.2. The van der Waals surface area contributed by atoms with Gasteiger partial charge < -0.3 is 5.73 Å². The van der Waals surface area contributed by atoms with Crippen molar-refractivity contribution < 1.29 is 4.39 Å². The molecule has 0 spiro atoms. The number of aromatic nitrogens is 4. The molecule has 1 fully saturated rings. The third kappa shape index (κ3) is 2.51. The topological polar surface area (TPSA) is 93.5 Å². The highest BCUT2D eigenvalue weighted by molar-refractivity contribution is 7.98. The number of amidine groups is 1. The first kappa shape index (κ1) is 13.0. The Bertz CT molecular complexity index is 651. The van der Waals surface area contributed by atoms with E-state index in [1.54, 1.807) is 16.8 Å².